The molecule has 0 saturated carbocycles. The van der Waals surface area contributed by atoms with Gasteiger partial charge < -0.3 is 5.32 Å². The van der Waals surface area contributed by atoms with E-state index in [-0.39, 0.29) is 16.9 Å². The number of sulfonamides is 1. The van der Waals surface area contributed by atoms with Gasteiger partial charge in [0.2, 0.25) is 10.0 Å². The van der Waals surface area contributed by atoms with Crippen LogP contribution in [0, 0.1) is 6.92 Å². The molecule has 0 aliphatic rings. The Bertz CT molecular complexity index is 909. The number of aryl methyl sites for hydroxylation is 1. The molecule has 0 atom stereocenters. The molecule has 0 heterocycles. The minimum absolute atomic E-state index is 0.105. The number of nitrogens with one attached hydrogen (secondary N) is 2. The molecule has 5 nitrogen and oxygen atoms in total. The van der Waals surface area contributed by atoms with E-state index < -0.39 is 27.7 Å². The first-order valence-corrected chi connectivity index (χ1v) is 8.92. The summed E-state index contributed by atoms with van der Waals surface area (Å²) in [6, 6.07) is 8.74. The highest BCUT2D eigenvalue weighted by Gasteiger charge is 2.33. The molecule has 0 unspecified atom stereocenters. The summed E-state index contributed by atoms with van der Waals surface area (Å²) < 4.78 is 63.7. The van der Waals surface area contributed by atoms with E-state index in [1.54, 1.807) is 6.92 Å². The third kappa shape index (κ3) is 4.96. The number of rotatable bonds is 4. The predicted molar refractivity (Wildman–Crippen MR) is 89.0 cm³/mol. The van der Waals surface area contributed by atoms with Gasteiger partial charge in [-0.2, -0.15) is 13.2 Å². The Morgan fingerprint density at radius 3 is 2.24 bits per heavy atom. The van der Waals surface area contributed by atoms with Crippen LogP contribution in [0.2, 0.25) is 0 Å². The summed E-state index contributed by atoms with van der Waals surface area (Å²) in [6.45, 7) is 1.58. The fraction of sp³-hybridized carbons (Fsp3) is 0.188. The lowest BCUT2D eigenvalue weighted by molar-refractivity contribution is -0.136. The van der Waals surface area contributed by atoms with Gasteiger partial charge in [0.15, 0.2) is 0 Å². The molecule has 134 valence electrons. The van der Waals surface area contributed by atoms with Crippen LogP contribution in [-0.2, 0) is 16.2 Å². The van der Waals surface area contributed by atoms with Crippen molar-refractivity contribution in [3.63, 3.8) is 0 Å². The summed E-state index contributed by atoms with van der Waals surface area (Å²) in [5, 5.41) is 2.23. The average Bonchev–Trinajstić information content (AvgIpc) is 2.47. The van der Waals surface area contributed by atoms with Crippen LogP contribution in [0.4, 0.5) is 24.5 Å². The lowest BCUT2D eigenvalue weighted by atomic mass is 10.1. The van der Waals surface area contributed by atoms with E-state index in [1.807, 2.05) is 0 Å². The van der Waals surface area contributed by atoms with Crippen molar-refractivity contribution < 1.29 is 26.4 Å². The molecule has 2 aromatic carbocycles. The first kappa shape index (κ1) is 18.8. The van der Waals surface area contributed by atoms with Crippen molar-refractivity contribution >= 4 is 27.3 Å². The number of carbonyl (C=O) groups excluding carboxylic acids is 1. The summed E-state index contributed by atoms with van der Waals surface area (Å²) in [7, 11) is -3.48. The minimum Gasteiger partial charge on any atom is -0.321 e. The number of para-hydroxylation sites is 1. The molecule has 0 fully saturated rings. The molecule has 0 aromatic heterocycles. The number of carbonyl (C=O) groups is 1. The fourth-order valence-corrected chi connectivity index (χ4v) is 2.78. The molecule has 0 aliphatic carbocycles. The number of amides is 1. The molecular weight excluding hydrogens is 357 g/mol. The lowest BCUT2D eigenvalue weighted by Gasteiger charge is -2.14. The Morgan fingerprint density at radius 1 is 1.04 bits per heavy atom. The highest BCUT2D eigenvalue weighted by Crippen LogP contribution is 2.34. The highest BCUT2D eigenvalue weighted by atomic mass is 32.2. The maximum Gasteiger partial charge on any atom is 0.418 e. The SMILES string of the molecule is Cc1cc(C(=O)Nc2ccccc2C(F)(F)F)ccc1NS(C)(=O)=O. The second-order valence-corrected chi connectivity index (χ2v) is 7.15. The van der Waals surface area contributed by atoms with Crippen molar-refractivity contribution in [1.29, 1.82) is 0 Å². The van der Waals surface area contributed by atoms with E-state index in [9.17, 15) is 26.4 Å². The normalized spacial score (nSPS) is 11.9. The first-order chi connectivity index (χ1) is 11.5. The molecule has 0 saturated heterocycles. The van der Waals surface area contributed by atoms with E-state index in [0.717, 1.165) is 18.4 Å². The topological polar surface area (TPSA) is 75.3 Å². The van der Waals surface area contributed by atoms with Crippen molar-refractivity contribution in [2.45, 2.75) is 13.1 Å². The highest BCUT2D eigenvalue weighted by molar-refractivity contribution is 7.92. The summed E-state index contributed by atoms with van der Waals surface area (Å²) >= 11 is 0. The maximum absolute atomic E-state index is 13.0. The summed E-state index contributed by atoms with van der Waals surface area (Å²) in [5.41, 5.74) is -0.447. The zero-order valence-corrected chi connectivity index (χ0v) is 14.1. The zero-order chi connectivity index (χ0) is 18.8. The Kier molecular flexibility index (Phi) is 5.07. The predicted octanol–water partition coefficient (Wildman–Crippen LogP) is 3.64. The van der Waals surface area contributed by atoms with Gasteiger partial charge in [-0.15, -0.1) is 0 Å². The van der Waals surface area contributed by atoms with Gasteiger partial charge in [0.1, 0.15) is 0 Å². The molecule has 0 spiro atoms. The second kappa shape index (κ2) is 6.75. The smallest absolute Gasteiger partial charge is 0.321 e. The zero-order valence-electron chi connectivity index (χ0n) is 13.3. The number of hydrogen-bond acceptors (Lipinski definition) is 3. The van der Waals surface area contributed by atoms with E-state index in [0.29, 0.717) is 5.56 Å². The van der Waals surface area contributed by atoms with Crippen molar-refractivity contribution in [2.75, 3.05) is 16.3 Å². The Balaban J connectivity index is 2.27. The molecule has 2 rings (SSSR count). The molecule has 25 heavy (non-hydrogen) atoms. The average molecular weight is 372 g/mol. The van der Waals surface area contributed by atoms with Crippen LogP contribution in [-0.4, -0.2) is 20.6 Å². The van der Waals surface area contributed by atoms with Crippen molar-refractivity contribution in [3.8, 4) is 0 Å². The molecule has 1 amide bonds. The van der Waals surface area contributed by atoms with Crippen LogP contribution in [0.1, 0.15) is 21.5 Å². The van der Waals surface area contributed by atoms with Crippen LogP contribution >= 0.6 is 0 Å². The monoisotopic (exact) mass is 372 g/mol. The number of alkyl halides is 3. The number of hydrogen-bond donors (Lipinski definition) is 2. The van der Waals surface area contributed by atoms with Crippen LogP contribution in [0.3, 0.4) is 0 Å². The minimum atomic E-state index is -4.59. The van der Waals surface area contributed by atoms with Gasteiger partial charge >= 0.3 is 6.18 Å². The van der Waals surface area contributed by atoms with Gasteiger partial charge in [-0.05, 0) is 42.8 Å². The van der Waals surface area contributed by atoms with E-state index >= 15 is 0 Å². The van der Waals surface area contributed by atoms with Gasteiger partial charge in [0.25, 0.3) is 5.91 Å². The maximum atomic E-state index is 13.0. The number of benzene rings is 2. The molecule has 0 radical (unpaired) electrons. The van der Waals surface area contributed by atoms with Gasteiger partial charge in [-0.25, -0.2) is 8.42 Å². The summed E-state index contributed by atoms with van der Waals surface area (Å²) in [5.74, 6) is -0.731. The third-order valence-electron chi connectivity index (χ3n) is 3.26. The van der Waals surface area contributed by atoms with Crippen molar-refractivity contribution in [2.24, 2.45) is 0 Å². The van der Waals surface area contributed by atoms with Gasteiger partial charge in [0.05, 0.1) is 23.2 Å². The van der Waals surface area contributed by atoms with Gasteiger partial charge in [-0.3, -0.25) is 9.52 Å². The largest absolute Gasteiger partial charge is 0.418 e. The van der Waals surface area contributed by atoms with E-state index in [1.165, 1.54) is 30.3 Å². The van der Waals surface area contributed by atoms with Gasteiger partial charge in [0, 0.05) is 5.56 Å². The summed E-state index contributed by atoms with van der Waals surface area (Å²) in [4.78, 5) is 12.2. The molecular formula is C16H15F3N2O3S. The Hall–Kier alpha value is -2.55. The van der Waals surface area contributed by atoms with Crippen LogP contribution in [0.15, 0.2) is 42.5 Å². The molecule has 9 heteroatoms. The molecule has 0 aliphatic heterocycles. The van der Waals surface area contributed by atoms with E-state index in [2.05, 4.69) is 10.0 Å². The lowest BCUT2D eigenvalue weighted by Crippen LogP contribution is -2.17. The number of anilines is 2. The quantitative estimate of drug-likeness (QED) is 0.860. The third-order valence-corrected chi connectivity index (χ3v) is 3.86. The van der Waals surface area contributed by atoms with Crippen LogP contribution in [0.5, 0.6) is 0 Å². The van der Waals surface area contributed by atoms with Gasteiger partial charge in [-0.1, -0.05) is 12.1 Å². The number of halogens is 3. The van der Waals surface area contributed by atoms with Crippen LogP contribution < -0.4 is 10.0 Å². The molecule has 2 N–H and O–H groups in total. The molecule has 2 aromatic rings. The van der Waals surface area contributed by atoms with Crippen molar-refractivity contribution in [1.82, 2.24) is 0 Å². The fourth-order valence-electron chi connectivity index (χ4n) is 2.15. The van der Waals surface area contributed by atoms with E-state index in [4.69, 9.17) is 0 Å². The first-order valence-electron chi connectivity index (χ1n) is 7.03. The molecule has 0 bridgehead atoms. The Labute approximate surface area is 142 Å². The van der Waals surface area contributed by atoms with Crippen LogP contribution in [0.25, 0.3) is 0 Å². The Morgan fingerprint density at radius 2 is 1.68 bits per heavy atom. The standard InChI is InChI=1S/C16H15F3N2O3S/c1-10-9-11(7-8-13(10)21-25(2,23)24)15(22)20-14-6-4-3-5-12(14)16(17,18)19/h3-9,21H,1-2H3,(H,20,22). The second-order valence-electron chi connectivity index (χ2n) is 5.40. The summed E-state index contributed by atoms with van der Waals surface area (Å²) in [6.07, 6.45) is -3.61. The van der Waals surface area contributed by atoms with Crippen molar-refractivity contribution in [3.05, 3.63) is 59.2 Å².